The van der Waals surface area contributed by atoms with Crippen molar-refractivity contribution in [3.63, 3.8) is 0 Å². The highest BCUT2D eigenvalue weighted by Gasteiger charge is 2.40. The number of tetrazole rings is 1. The van der Waals surface area contributed by atoms with Crippen molar-refractivity contribution in [1.29, 1.82) is 0 Å². The Balaban J connectivity index is 1.31. The highest BCUT2D eigenvalue weighted by molar-refractivity contribution is 6.39. The Kier molecular flexibility index (Phi) is 5.33. The van der Waals surface area contributed by atoms with Crippen molar-refractivity contribution >= 4 is 34.9 Å². The third-order valence-corrected chi connectivity index (χ3v) is 6.32. The molecule has 11 nitrogen and oxygen atoms in total. The third kappa shape index (κ3) is 3.63. The second kappa shape index (κ2) is 8.32. The maximum atomic E-state index is 13.1. The molecule has 2 aliphatic heterocycles. The number of ketones is 1. The minimum absolute atomic E-state index is 0.120. The van der Waals surface area contributed by atoms with Gasteiger partial charge in [-0.05, 0) is 29.5 Å². The molecule has 4 heterocycles. The Hall–Kier alpha value is -3.73. The number of rotatable bonds is 4. The van der Waals surface area contributed by atoms with Crippen LogP contribution in [0.15, 0.2) is 36.5 Å². The number of halogens is 1. The van der Waals surface area contributed by atoms with E-state index in [4.69, 9.17) is 11.6 Å². The number of hydrogen-bond donors (Lipinski definition) is 2. The van der Waals surface area contributed by atoms with Gasteiger partial charge in [0, 0.05) is 37.8 Å². The number of amides is 1. The van der Waals surface area contributed by atoms with Gasteiger partial charge in [-0.1, -0.05) is 34.9 Å². The van der Waals surface area contributed by atoms with Crippen LogP contribution in [0.3, 0.4) is 0 Å². The molecule has 2 aromatic heterocycles. The maximum absolute atomic E-state index is 13.1. The summed E-state index contributed by atoms with van der Waals surface area (Å²) in [5.74, 6) is -1.57. The standard InChI is InChI=1S/C21H21ClN8O3/c1-12-11-28(7-8-29(12)21-25-26-27-30(21)13-5-3-2-4-6-13)20(33)18(32)14-9-23-17-16(14)15(31)10-24-19(17)22/h2-6,10,12,14,23,31H,7-9,11H2,1H3/t12-,14?/m1/s1. The molecule has 0 bridgehead atoms. The van der Waals surface area contributed by atoms with E-state index in [1.165, 1.54) is 11.1 Å². The number of nitrogens with zero attached hydrogens (tertiary/aromatic N) is 7. The average Bonchev–Trinajstić information content (AvgIpc) is 3.49. The zero-order valence-electron chi connectivity index (χ0n) is 17.7. The second-order valence-electron chi connectivity index (χ2n) is 8.04. The zero-order chi connectivity index (χ0) is 23.1. The SMILES string of the molecule is C[C@@H]1CN(C(=O)C(=O)C2CNc3c(Cl)ncc(O)c32)CCN1c1nnnn1-c1ccccc1. The van der Waals surface area contributed by atoms with Crippen molar-refractivity contribution in [3.05, 3.63) is 47.2 Å². The Morgan fingerprint density at radius 1 is 1.21 bits per heavy atom. The Morgan fingerprint density at radius 3 is 2.76 bits per heavy atom. The van der Waals surface area contributed by atoms with Gasteiger partial charge in [0.05, 0.1) is 23.5 Å². The molecule has 0 radical (unpaired) electrons. The first-order chi connectivity index (χ1) is 16.0. The molecule has 2 N–H and O–H groups in total. The molecule has 5 rings (SSSR count). The summed E-state index contributed by atoms with van der Waals surface area (Å²) in [4.78, 5) is 33.6. The fraction of sp³-hybridized carbons (Fsp3) is 0.333. The number of aromatic hydroxyl groups is 1. The molecule has 3 aromatic rings. The van der Waals surface area contributed by atoms with Gasteiger partial charge in [0.1, 0.15) is 5.75 Å². The molecule has 0 saturated carbocycles. The number of Topliss-reactive ketones (excluding diaryl/α,β-unsaturated/α-hetero) is 1. The van der Waals surface area contributed by atoms with Gasteiger partial charge in [-0.3, -0.25) is 9.59 Å². The fourth-order valence-corrected chi connectivity index (χ4v) is 4.60. The Labute approximate surface area is 194 Å². The molecular weight excluding hydrogens is 448 g/mol. The largest absolute Gasteiger partial charge is 0.506 e. The molecule has 12 heteroatoms. The van der Waals surface area contributed by atoms with E-state index in [0.29, 0.717) is 36.8 Å². The van der Waals surface area contributed by atoms with Crippen LogP contribution in [0.1, 0.15) is 18.4 Å². The van der Waals surface area contributed by atoms with Gasteiger partial charge in [0.15, 0.2) is 5.15 Å². The molecule has 2 aliphatic rings. The van der Waals surface area contributed by atoms with E-state index in [1.54, 1.807) is 4.68 Å². The summed E-state index contributed by atoms with van der Waals surface area (Å²) in [7, 11) is 0. The van der Waals surface area contributed by atoms with Crippen molar-refractivity contribution in [2.24, 2.45) is 0 Å². The smallest absolute Gasteiger partial charge is 0.290 e. The lowest BCUT2D eigenvalue weighted by molar-refractivity contribution is -0.145. The van der Waals surface area contributed by atoms with E-state index in [2.05, 4.69) is 25.8 Å². The second-order valence-corrected chi connectivity index (χ2v) is 8.40. The average molecular weight is 469 g/mol. The van der Waals surface area contributed by atoms with Crippen molar-refractivity contribution < 1.29 is 14.7 Å². The van der Waals surface area contributed by atoms with Gasteiger partial charge in [-0.2, -0.15) is 4.68 Å². The van der Waals surface area contributed by atoms with Gasteiger partial charge in [0.2, 0.25) is 5.78 Å². The highest BCUT2D eigenvalue weighted by Crippen LogP contribution is 2.41. The summed E-state index contributed by atoms with van der Waals surface area (Å²) in [5.41, 5.74) is 1.55. The molecule has 1 aromatic carbocycles. The number of fused-ring (bicyclic) bond motifs is 1. The number of anilines is 2. The Bertz CT molecular complexity index is 1220. The number of benzene rings is 1. The van der Waals surface area contributed by atoms with Crippen LogP contribution in [0.2, 0.25) is 5.15 Å². The highest BCUT2D eigenvalue weighted by atomic mass is 35.5. The minimum atomic E-state index is -0.813. The van der Waals surface area contributed by atoms with E-state index in [0.717, 1.165) is 5.69 Å². The molecular formula is C21H21ClN8O3. The van der Waals surface area contributed by atoms with Crippen LogP contribution in [0.4, 0.5) is 11.6 Å². The number of carbonyl (C=O) groups excluding carboxylic acids is 2. The van der Waals surface area contributed by atoms with E-state index >= 15 is 0 Å². The van der Waals surface area contributed by atoms with Crippen LogP contribution in [0.25, 0.3) is 5.69 Å². The number of nitrogens with one attached hydrogen (secondary N) is 1. The summed E-state index contributed by atoms with van der Waals surface area (Å²) in [5, 5.41) is 25.4. The van der Waals surface area contributed by atoms with Gasteiger partial charge in [0.25, 0.3) is 11.9 Å². The molecule has 2 atom stereocenters. The first-order valence-electron chi connectivity index (χ1n) is 10.5. The lowest BCUT2D eigenvalue weighted by Crippen LogP contribution is -2.56. The molecule has 0 spiro atoms. The van der Waals surface area contributed by atoms with Crippen molar-refractivity contribution in [2.45, 2.75) is 18.9 Å². The maximum Gasteiger partial charge on any atom is 0.290 e. The van der Waals surface area contributed by atoms with E-state index in [1.807, 2.05) is 42.2 Å². The lowest BCUT2D eigenvalue weighted by Gasteiger charge is -2.39. The van der Waals surface area contributed by atoms with Crippen LogP contribution in [0, 0.1) is 0 Å². The molecule has 1 saturated heterocycles. The van der Waals surface area contributed by atoms with Crippen LogP contribution >= 0.6 is 11.6 Å². The topological polar surface area (TPSA) is 129 Å². The molecule has 33 heavy (non-hydrogen) atoms. The quantitative estimate of drug-likeness (QED) is 0.429. The summed E-state index contributed by atoms with van der Waals surface area (Å²) in [6, 6.07) is 9.43. The molecule has 170 valence electrons. The molecule has 1 amide bonds. The molecule has 1 fully saturated rings. The number of pyridine rings is 1. The first-order valence-corrected chi connectivity index (χ1v) is 10.9. The molecule has 1 unspecified atom stereocenters. The number of hydrogen-bond acceptors (Lipinski definition) is 9. The van der Waals surface area contributed by atoms with E-state index < -0.39 is 17.6 Å². The Morgan fingerprint density at radius 2 is 2.00 bits per heavy atom. The van der Waals surface area contributed by atoms with Crippen molar-refractivity contribution in [2.75, 3.05) is 36.4 Å². The van der Waals surface area contributed by atoms with Crippen molar-refractivity contribution in [3.8, 4) is 11.4 Å². The van der Waals surface area contributed by atoms with Crippen molar-refractivity contribution in [1.82, 2.24) is 30.1 Å². The van der Waals surface area contributed by atoms with Gasteiger partial charge in [-0.15, -0.1) is 0 Å². The minimum Gasteiger partial charge on any atom is -0.506 e. The van der Waals surface area contributed by atoms with Crippen LogP contribution < -0.4 is 10.2 Å². The third-order valence-electron chi connectivity index (χ3n) is 6.04. The summed E-state index contributed by atoms with van der Waals surface area (Å²) in [6.07, 6.45) is 1.19. The monoisotopic (exact) mass is 468 g/mol. The predicted octanol–water partition coefficient (Wildman–Crippen LogP) is 1.23. The van der Waals surface area contributed by atoms with Crippen LogP contribution in [0.5, 0.6) is 5.75 Å². The van der Waals surface area contributed by atoms with Gasteiger partial charge in [-0.25, -0.2) is 4.98 Å². The zero-order valence-corrected chi connectivity index (χ0v) is 18.5. The van der Waals surface area contributed by atoms with E-state index in [9.17, 15) is 14.7 Å². The summed E-state index contributed by atoms with van der Waals surface area (Å²) < 4.78 is 1.65. The van der Waals surface area contributed by atoms with Gasteiger partial charge < -0.3 is 20.2 Å². The van der Waals surface area contributed by atoms with Crippen LogP contribution in [-0.4, -0.2) is 79.1 Å². The first kappa shape index (κ1) is 21.1. The fourth-order valence-electron chi connectivity index (χ4n) is 4.38. The van der Waals surface area contributed by atoms with Gasteiger partial charge >= 0.3 is 0 Å². The number of carbonyl (C=O) groups is 2. The lowest BCUT2D eigenvalue weighted by atomic mass is 9.95. The number of aromatic nitrogens is 5. The predicted molar refractivity (Wildman–Crippen MR) is 120 cm³/mol. The normalized spacial score (nSPS) is 19.8. The number of piperazine rings is 1. The molecule has 0 aliphatic carbocycles. The van der Waals surface area contributed by atoms with Crippen LogP contribution in [-0.2, 0) is 9.59 Å². The summed E-state index contributed by atoms with van der Waals surface area (Å²) in [6.45, 7) is 3.28. The van der Waals surface area contributed by atoms with E-state index in [-0.39, 0.29) is 23.5 Å². The number of para-hydroxylation sites is 1. The summed E-state index contributed by atoms with van der Waals surface area (Å²) >= 11 is 6.07.